The van der Waals surface area contributed by atoms with E-state index in [1.807, 2.05) is 4.90 Å². The summed E-state index contributed by atoms with van der Waals surface area (Å²) in [6.45, 7) is 8.66. The van der Waals surface area contributed by atoms with Crippen molar-refractivity contribution in [3.63, 3.8) is 0 Å². The van der Waals surface area contributed by atoms with E-state index in [0.29, 0.717) is 5.92 Å². The number of nitrogens with two attached hydrogens (primary N) is 1. The second-order valence-corrected chi connectivity index (χ2v) is 10.6. The predicted octanol–water partition coefficient (Wildman–Crippen LogP) is 9.40. The summed E-state index contributed by atoms with van der Waals surface area (Å²) in [4.78, 5) is 2.04. The summed E-state index contributed by atoms with van der Waals surface area (Å²) in [5.41, 5.74) is 4.40. The number of unbranched alkanes of at least 4 members (excludes halogenated alkanes) is 16. The Balaban J connectivity index is 0. The van der Waals surface area contributed by atoms with Crippen molar-refractivity contribution in [2.75, 3.05) is 13.1 Å². The molecule has 0 radical (unpaired) electrons. The largest absolute Gasteiger partial charge is 0.487 e. The van der Waals surface area contributed by atoms with Gasteiger partial charge in [0.2, 0.25) is 0 Å². The molecule has 1 unspecified atom stereocenters. The summed E-state index contributed by atoms with van der Waals surface area (Å²) >= 11 is 8.96. The third-order valence-electron chi connectivity index (χ3n) is 6.57. The van der Waals surface area contributed by atoms with Crippen LogP contribution in [0.4, 0.5) is 0 Å². The number of aliphatic hydroxyl groups excluding tert-OH is 2. The van der Waals surface area contributed by atoms with Crippen LogP contribution in [0.15, 0.2) is 0 Å². The molecule has 0 aromatic rings. The van der Waals surface area contributed by atoms with Gasteiger partial charge >= 0.3 is 0 Å². The van der Waals surface area contributed by atoms with Crippen LogP contribution < -0.4 is 5.73 Å². The highest BCUT2D eigenvalue weighted by molar-refractivity contribution is 7.80. The van der Waals surface area contributed by atoms with Gasteiger partial charge in [0.15, 0.2) is 0 Å². The van der Waals surface area contributed by atoms with Gasteiger partial charge in [0.25, 0.3) is 10.3 Å². The third-order valence-corrected chi connectivity index (χ3v) is 6.83. The zero-order valence-corrected chi connectivity index (χ0v) is 24.5. The lowest BCUT2D eigenvalue weighted by Gasteiger charge is -2.26. The third kappa shape index (κ3) is 29.4. The molecule has 0 heterocycles. The highest BCUT2D eigenvalue weighted by Gasteiger charge is 2.14. The van der Waals surface area contributed by atoms with Gasteiger partial charge in [-0.3, -0.25) is 0 Å². The Bertz CT molecular complexity index is 446. The van der Waals surface area contributed by atoms with E-state index in [1.165, 1.54) is 122 Å². The minimum Gasteiger partial charge on any atom is -0.487 e. The van der Waals surface area contributed by atoms with Crippen LogP contribution in [0.5, 0.6) is 0 Å². The van der Waals surface area contributed by atoms with Crippen LogP contribution in [0.3, 0.4) is 0 Å². The Hall–Kier alpha value is -0.620. The van der Waals surface area contributed by atoms with Crippen molar-refractivity contribution in [2.24, 2.45) is 11.7 Å². The molecule has 0 spiro atoms. The molecule has 6 heteroatoms. The molecule has 0 amide bonds. The van der Waals surface area contributed by atoms with E-state index in [9.17, 15) is 5.11 Å². The van der Waals surface area contributed by atoms with Crippen LogP contribution in [0.2, 0.25) is 0 Å². The first-order valence-electron chi connectivity index (χ1n) is 14.3. The summed E-state index contributed by atoms with van der Waals surface area (Å²) in [5, 5.41) is 17.0. The molecule has 0 saturated heterocycles. The highest BCUT2D eigenvalue weighted by atomic mass is 32.1. The van der Waals surface area contributed by atoms with Gasteiger partial charge in [-0.25, -0.2) is 0 Å². The summed E-state index contributed by atoms with van der Waals surface area (Å²) in [6.07, 6.45) is 27.2. The highest BCUT2D eigenvalue weighted by Crippen LogP contribution is 2.16. The van der Waals surface area contributed by atoms with Crippen molar-refractivity contribution in [3.05, 3.63) is 0 Å². The van der Waals surface area contributed by atoms with E-state index in [1.54, 1.807) is 0 Å². The van der Waals surface area contributed by atoms with Crippen LogP contribution in [0.25, 0.3) is 0 Å². The van der Waals surface area contributed by atoms with Crippen LogP contribution in [-0.4, -0.2) is 38.6 Å². The van der Waals surface area contributed by atoms with E-state index in [-0.39, 0.29) is 5.17 Å². The zero-order chi connectivity index (χ0) is 25.9. The summed E-state index contributed by atoms with van der Waals surface area (Å²) in [5.74, 6) is 0.663. The first-order chi connectivity index (χ1) is 16.4. The van der Waals surface area contributed by atoms with E-state index in [2.05, 4.69) is 38.7 Å². The monoisotopic (exact) mass is 518 g/mol. The smallest absolute Gasteiger partial charge is 0.256 e. The quantitative estimate of drug-likeness (QED) is 0.0924. The lowest BCUT2D eigenvalue weighted by molar-refractivity contribution is 0.272. The summed E-state index contributed by atoms with van der Waals surface area (Å²) in [6, 6.07) is 0. The van der Waals surface area contributed by atoms with Crippen molar-refractivity contribution < 1.29 is 10.2 Å². The number of nitrogens with zero attached hydrogens (tertiary/aromatic N) is 1. The van der Waals surface area contributed by atoms with Crippen molar-refractivity contribution in [1.29, 1.82) is 0 Å². The van der Waals surface area contributed by atoms with E-state index in [4.69, 9.17) is 17.3 Å². The SMILES string of the molecule is CCCCCCCCCCCCCCCCCCN(CC(CC)CCCC)C(O)=S.NC(O)=S. The minimum atomic E-state index is -0.500. The molecule has 0 aromatic heterocycles. The number of thiocarbonyl (C=S) groups is 2. The maximum absolute atomic E-state index is 9.86. The van der Waals surface area contributed by atoms with Crippen LogP contribution >= 0.6 is 24.4 Å². The normalized spacial score (nSPS) is 11.5. The van der Waals surface area contributed by atoms with E-state index >= 15 is 0 Å². The fourth-order valence-corrected chi connectivity index (χ4v) is 4.51. The number of hydrogen-bond donors (Lipinski definition) is 3. The van der Waals surface area contributed by atoms with Gasteiger partial charge in [-0.05, 0) is 43.2 Å². The maximum Gasteiger partial charge on any atom is 0.256 e. The number of aliphatic hydroxyl groups is 2. The fourth-order valence-electron chi connectivity index (χ4n) is 4.34. The minimum absolute atomic E-state index is 0.103. The van der Waals surface area contributed by atoms with Gasteiger partial charge in [-0.2, -0.15) is 0 Å². The van der Waals surface area contributed by atoms with Crippen molar-refractivity contribution in [1.82, 2.24) is 4.90 Å². The van der Waals surface area contributed by atoms with Gasteiger partial charge in [0.1, 0.15) is 0 Å². The molecule has 34 heavy (non-hydrogen) atoms. The molecular formula is C28H58N2O2S2. The van der Waals surface area contributed by atoms with Gasteiger partial charge in [-0.1, -0.05) is 136 Å². The molecular weight excluding hydrogens is 460 g/mol. The maximum atomic E-state index is 9.86. The average Bonchev–Trinajstić information content (AvgIpc) is 2.79. The molecule has 0 aliphatic carbocycles. The summed E-state index contributed by atoms with van der Waals surface area (Å²) < 4.78 is 0. The Morgan fingerprint density at radius 3 is 1.32 bits per heavy atom. The second kappa shape index (κ2) is 28.6. The molecule has 0 aromatic carbocycles. The second-order valence-electron chi connectivity index (χ2n) is 9.79. The lowest BCUT2D eigenvalue weighted by Crippen LogP contribution is -2.34. The molecule has 0 rings (SSSR count). The molecule has 0 aliphatic heterocycles. The Kier molecular flexibility index (Phi) is 29.9. The average molecular weight is 519 g/mol. The Labute approximate surface area is 223 Å². The van der Waals surface area contributed by atoms with Gasteiger partial charge in [-0.15, -0.1) is 0 Å². The molecule has 204 valence electrons. The Morgan fingerprint density at radius 1 is 0.647 bits per heavy atom. The van der Waals surface area contributed by atoms with Crippen LogP contribution in [0.1, 0.15) is 149 Å². The molecule has 0 saturated carbocycles. The standard InChI is InChI=1S/C27H55NOS.CH3NOS/c1-4-7-9-10-11-12-13-14-15-16-17-18-19-20-21-22-24-28(27(29)30)25-26(6-3)23-8-5-2;2-1(3)4/h26H,4-25H2,1-3H3,(H,29,30);(H3,2,3,4). The fraction of sp³-hybridized carbons (Fsp3) is 0.929. The number of rotatable bonds is 23. The Morgan fingerprint density at radius 2 is 1.00 bits per heavy atom. The van der Waals surface area contributed by atoms with Gasteiger partial charge < -0.3 is 20.8 Å². The van der Waals surface area contributed by atoms with Crippen molar-refractivity contribution in [2.45, 2.75) is 149 Å². The van der Waals surface area contributed by atoms with Crippen molar-refractivity contribution in [3.8, 4) is 0 Å². The van der Waals surface area contributed by atoms with E-state index in [0.717, 1.165) is 19.5 Å². The van der Waals surface area contributed by atoms with Gasteiger partial charge in [0.05, 0.1) is 0 Å². The molecule has 4 nitrogen and oxygen atoms in total. The molecule has 0 fully saturated rings. The first kappa shape index (κ1) is 35.5. The molecule has 4 N–H and O–H groups in total. The first-order valence-corrected chi connectivity index (χ1v) is 15.2. The van der Waals surface area contributed by atoms with E-state index < -0.39 is 5.17 Å². The molecule has 1 atom stereocenters. The van der Waals surface area contributed by atoms with Crippen LogP contribution in [0, 0.1) is 5.92 Å². The lowest BCUT2D eigenvalue weighted by atomic mass is 9.98. The predicted molar refractivity (Wildman–Crippen MR) is 159 cm³/mol. The zero-order valence-electron chi connectivity index (χ0n) is 22.9. The van der Waals surface area contributed by atoms with Crippen molar-refractivity contribution >= 4 is 34.8 Å². The molecule has 0 aliphatic rings. The summed E-state index contributed by atoms with van der Waals surface area (Å²) in [7, 11) is 0. The van der Waals surface area contributed by atoms with Gasteiger partial charge in [0, 0.05) is 13.1 Å². The molecule has 0 bridgehead atoms. The van der Waals surface area contributed by atoms with Crippen LogP contribution in [-0.2, 0) is 0 Å². The topological polar surface area (TPSA) is 69.7 Å². The number of hydrogen-bond acceptors (Lipinski definition) is 2.